The van der Waals surface area contributed by atoms with Crippen molar-refractivity contribution in [3.8, 4) is 0 Å². The molecular formula is C12H13FO2. The molecule has 0 fully saturated rings. The van der Waals surface area contributed by atoms with E-state index in [1.807, 2.05) is 0 Å². The van der Waals surface area contributed by atoms with E-state index in [9.17, 15) is 9.18 Å². The Kier molecular flexibility index (Phi) is 4.54. The Morgan fingerprint density at radius 2 is 2.33 bits per heavy atom. The lowest BCUT2D eigenvalue weighted by molar-refractivity contribution is -0.142. The first-order valence-electron chi connectivity index (χ1n) is 4.80. The van der Waals surface area contributed by atoms with E-state index in [0.29, 0.717) is 6.61 Å². The van der Waals surface area contributed by atoms with Gasteiger partial charge in [0.1, 0.15) is 5.82 Å². The number of benzene rings is 1. The van der Waals surface area contributed by atoms with Crippen LogP contribution in [0.1, 0.15) is 18.9 Å². The highest BCUT2D eigenvalue weighted by Gasteiger charge is 1.96. The third-order valence-electron chi connectivity index (χ3n) is 1.75. The molecule has 80 valence electrons. The molecule has 3 heteroatoms. The predicted molar refractivity (Wildman–Crippen MR) is 56.7 cm³/mol. The molecule has 15 heavy (non-hydrogen) atoms. The Hall–Kier alpha value is -1.64. The van der Waals surface area contributed by atoms with Crippen LogP contribution in [-0.2, 0) is 9.53 Å². The molecule has 0 aliphatic rings. The second kappa shape index (κ2) is 5.96. The van der Waals surface area contributed by atoms with Gasteiger partial charge in [0.05, 0.1) is 13.0 Å². The molecule has 0 aliphatic carbocycles. The maximum atomic E-state index is 12.7. The molecule has 1 rings (SSSR count). The van der Waals surface area contributed by atoms with E-state index in [2.05, 4.69) is 0 Å². The molecule has 0 amide bonds. The second-order valence-electron chi connectivity index (χ2n) is 2.97. The van der Waals surface area contributed by atoms with Crippen molar-refractivity contribution in [1.82, 2.24) is 0 Å². The Morgan fingerprint density at radius 3 is 3.00 bits per heavy atom. The lowest BCUT2D eigenvalue weighted by Gasteiger charge is -1.97. The number of carbonyl (C=O) groups excluding carboxylic acids is 1. The maximum Gasteiger partial charge on any atom is 0.309 e. The molecule has 1 aromatic carbocycles. The fourth-order valence-corrected chi connectivity index (χ4v) is 1.12. The quantitative estimate of drug-likeness (QED) is 0.711. The first-order valence-corrected chi connectivity index (χ1v) is 4.80. The third kappa shape index (κ3) is 4.40. The van der Waals surface area contributed by atoms with Crippen LogP contribution < -0.4 is 0 Å². The third-order valence-corrected chi connectivity index (χ3v) is 1.75. The summed E-state index contributed by atoms with van der Waals surface area (Å²) < 4.78 is 17.5. The highest BCUT2D eigenvalue weighted by Crippen LogP contribution is 2.05. The monoisotopic (exact) mass is 208 g/mol. The number of ether oxygens (including phenoxy) is 1. The molecule has 0 bridgehead atoms. The molecular weight excluding hydrogens is 195 g/mol. The Bertz CT molecular complexity index is 358. The molecule has 0 atom stereocenters. The minimum absolute atomic E-state index is 0.213. The molecule has 0 aromatic heterocycles. The van der Waals surface area contributed by atoms with Crippen molar-refractivity contribution in [2.75, 3.05) is 6.61 Å². The first-order chi connectivity index (χ1) is 7.22. The van der Waals surface area contributed by atoms with Crippen molar-refractivity contribution in [3.05, 3.63) is 41.7 Å². The van der Waals surface area contributed by atoms with Gasteiger partial charge in [-0.2, -0.15) is 0 Å². The van der Waals surface area contributed by atoms with Crippen molar-refractivity contribution >= 4 is 12.0 Å². The summed E-state index contributed by atoms with van der Waals surface area (Å²) in [7, 11) is 0. The number of carbonyl (C=O) groups is 1. The topological polar surface area (TPSA) is 26.3 Å². The van der Waals surface area contributed by atoms with E-state index in [1.54, 1.807) is 31.2 Å². The van der Waals surface area contributed by atoms with Crippen LogP contribution in [0.3, 0.4) is 0 Å². The van der Waals surface area contributed by atoms with Crippen molar-refractivity contribution in [1.29, 1.82) is 0 Å². The smallest absolute Gasteiger partial charge is 0.309 e. The largest absolute Gasteiger partial charge is 0.466 e. The maximum absolute atomic E-state index is 12.7. The summed E-state index contributed by atoms with van der Waals surface area (Å²) in [4.78, 5) is 11.0. The lowest BCUT2D eigenvalue weighted by atomic mass is 10.2. The van der Waals surface area contributed by atoms with Gasteiger partial charge in [0, 0.05) is 0 Å². The summed E-state index contributed by atoms with van der Waals surface area (Å²) >= 11 is 0. The van der Waals surface area contributed by atoms with Gasteiger partial charge >= 0.3 is 5.97 Å². The van der Waals surface area contributed by atoms with E-state index < -0.39 is 0 Å². The number of esters is 1. The Labute approximate surface area is 88.4 Å². The normalized spacial score (nSPS) is 10.5. The fraction of sp³-hybridized carbons (Fsp3) is 0.250. The second-order valence-corrected chi connectivity index (χ2v) is 2.97. The van der Waals surface area contributed by atoms with Crippen molar-refractivity contribution in [3.63, 3.8) is 0 Å². The minimum Gasteiger partial charge on any atom is -0.466 e. The van der Waals surface area contributed by atoms with Crippen LogP contribution in [0.15, 0.2) is 30.3 Å². The average molecular weight is 208 g/mol. The summed E-state index contributed by atoms with van der Waals surface area (Å²) in [5, 5.41) is 0. The van der Waals surface area contributed by atoms with E-state index in [0.717, 1.165) is 5.56 Å². The first kappa shape index (κ1) is 11.4. The molecule has 0 N–H and O–H groups in total. The zero-order valence-corrected chi connectivity index (χ0v) is 8.57. The van der Waals surface area contributed by atoms with Gasteiger partial charge in [0.25, 0.3) is 0 Å². The van der Waals surface area contributed by atoms with Crippen LogP contribution in [0.4, 0.5) is 4.39 Å². The van der Waals surface area contributed by atoms with Crippen LogP contribution in [0.2, 0.25) is 0 Å². The fourth-order valence-electron chi connectivity index (χ4n) is 1.12. The van der Waals surface area contributed by atoms with Crippen LogP contribution in [0.25, 0.3) is 6.08 Å². The van der Waals surface area contributed by atoms with Crippen molar-refractivity contribution < 1.29 is 13.9 Å². The number of halogens is 1. The highest BCUT2D eigenvalue weighted by molar-refractivity contribution is 5.72. The molecule has 1 aromatic rings. The molecule has 0 heterocycles. The Morgan fingerprint density at radius 1 is 1.53 bits per heavy atom. The number of hydrogen-bond acceptors (Lipinski definition) is 2. The van der Waals surface area contributed by atoms with Crippen LogP contribution in [0.5, 0.6) is 0 Å². The highest BCUT2D eigenvalue weighted by atomic mass is 19.1. The van der Waals surface area contributed by atoms with E-state index >= 15 is 0 Å². The number of hydrogen-bond donors (Lipinski definition) is 0. The van der Waals surface area contributed by atoms with E-state index in [1.165, 1.54) is 12.1 Å². The standard InChI is InChI=1S/C12H13FO2/c1-2-15-12(14)8-4-6-10-5-3-7-11(13)9-10/h3-7,9H,2,8H2,1H3. The summed E-state index contributed by atoms with van der Waals surface area (Å²) in [5.41, 5.74) is 0.735. The van der Waals surface area contributed by atoms with E-state index in [-0.39, 0.29) is 18.2 Å². The van der Waals surface area contributed by atoms with Gasteiger partial charge in [0.2, 0.25) is 0 Å². The van der Waals surface area contributed by atoms with Crippen LogP contribution >= 0.6 is 0 Å². The average Bonchev–Trinajstić information content (AvgIpc) is 2.18. The summed E-state index contributed by atoms with van der Waals surface area (Å²) in [5.74, 6) is -0.557. The van der Waals surface area contributed by atoms with Gasteiger partial charge in [-0.05, 0) is 24.6 Å². The summed E-state index contributed by atoms with van der Waals surface area (Å²) in [6.07, 6.45) is 3.57. The van der Waals surface area contributed by atoms with Crippen molar-refractivity contribution in [2.45, 2.75) is 13.3 Å². The van der Waals surface area contributed by atoms with Crippen LogP contribution in [0, 0.1) is 5.82 Å². The molecule has 2 nitrogen and oxygen atoms in total. The lowest BCUT2D eigenvalue weighted by Crippen LogP contribution is -2.01. The van der Waals surface area contributed by atoms with Gasteiger partial charge in [-0.25, -0.2) is 4.39 Å². The zero-order valence-electron chi connectivity index (χ0n) is 8.57. The minimum atomic E-state index is -0.284. The number of rotatable bonds is 4. The van der Waals surface area contributed by atoms with Gasteiger partial charge in [0.15, 0.2) is 0 Å². The molecule has 0 aliphatic heterocycles. The van der Waals surface area contributed by atoms with E-state index in [4.69, 9.17) is 4.74 Å². The Balaban J connectivity index is 2.48. The SMILES string of the molecule is CCOC(=O)CC=Cc1cccc(F)c1. The van der Waals surface area contributed by atoms with Gasteiger partial charge < -0.3 is 4.74 Å². The molecule has 0 saturated heterocycles. The predicted octanol–water partition coefficient (Wildman–Crippen LogP) is 2.79. The van der Waals surface area contributed by atoms with Crippen molar-refractivity contribution in [2.24, 2.45) is 0 Å². The molecule has 0 unspecified atom stereocenters. The molecule has 0 radical (unpaired) electrons. The van der Waals surface area contributed by atoms with Gasteiger partial charge in [-0.15, -0.1) is 0 Å². The summed E-state index contributed by atoms with van der Waals surface area (Å²) in [6, 6.07) is 6.18. The molecule has 0 saturated carbocycles. The summed E-state index contributed by atoms with van der Waals surface area (Å²) in [6.45, 7) is 2.14. The van der Waals surface area contributed by atoms with Gasteiger partial charge in [-0.3, -0.25) is 4.79 Å². The molecule has 0 spiro atoms. The van der Waals surface area contributed by atoms with Gasteiger partial charge in [-0.1, -0.05) is 24.3 Å². The zero-order chi connectivity index (χ0) is 11.1. The van der Waals surface area contributed by atoms with Crippen LogP contribution in [-0.4, -0.2) is 12.6 Å².